The Labute approximate surface area is 397 Å². The fraction of sp³-hybridized carbons (Fsp3) is 0.724. The minimum Gasteiger partial charge on any atom is -0.461 e. The highest BCUT2D eigenvalue weighted by Crippen LogP contribution is 2.47. The van der Waals surface area contributed by atoms with Gasteiger partial charge in [0.1, 0.15) is 6.61 Å². The first-order chi connectivity index (χ1) is 31.7. The number of ketones is 1. The summed E-state index contributed by atoms with van der Waals surface area (Å²) >= 11 is 0. The first kappa shape index (κ1) is 55.8. The third-order valence-electron chi connectivity index (χ3n) is 14.0. The number of fused-ring (bicyclic) bond motifs is 1. The Balaban J connectivity index is 1.37. The lowest BCUT2D eigenvalue weighted by Gasteiger charge is -2.27. The lowest BCUT2D eigenvalue weighted by Crippen LogP contribution is -2.27. The van der Waals surface area contributed by atoms with E-state index in [0.29, 0.717) is 0 Å². The molecule has 2 aliphatic rings. The van der Waals surface area contributed by atoms with E-state index in [-0.39, 0.29) is 47.0 Å². The summed E-state index contributed by atoms with van der Waals surface area (Å²) in [5.74, 6) is -0.707. The van der Waals surface area contributed by atoms with Gasteiger partial charge in [-0.3, -0.25) is 19.7 Å². The van der Waals surface area contributed by atoms with Crippen molar-refractivity contribution in [3.8, 4) is 0 Å². The van der Waals surface area contributed by atoms with Gasteiger partial charge in [-0.2, -0.15) is 0 Å². The largest absolute Gasteiger partial charge is 0.461 e. The molecule has 0 spiro atoms. The second kappa shape index (κ2) is 34.8. The van der Waals surface area contributed by atoms with E-state index in [2.05, 4.69) is 56.9 Å². The molecule has 1 aliphatic heterocycles. The van der Waals surface area contributed by atoms with Crippen molar-refractivity contribution in [2.45, 2.75) is 258 Å². The molecule has 7 nitrogen and oxygen atoms in total. The number of hydrogen-bond acceptors (Lipinski definition) is 6. The fourth-order valence-electron chi connectivity index (χ4n) is 9.80. The van der Waals surface area contributed by atoms with Crippen LogP contribution in [0, 0.1) is 10.1 Å². The number of anilines is 1. The lowest BCUT2D eigenvalue weighted by atomic mass is 9.83. The van der Waals surface area contributed by atoms with Crippen LogP contribution in [-0.4, -0.2) is 29.8 Å². The van der Waals surface area contributed by atoms with Gasteiger partial charge in [0.15, 0.2) is 5.78 Å². The second-order valence-electron chi connectivity index (χ2n) is 20.0. The van der Waals surface area contributed by atoms with Crippen LogP contribution in [-0.2, 0) is 19.7 Å². The SMILES string of the molecule is CCCCCCCCCCCCCCCCCCCCC(=O)OCC1=CC([N+](=O)[O-])=C/C(=C\C=C2\N(CCCCCCCCCCCCCCCCCC)c3ccccc3C2(C)C)C1=O. The fourth-order valence-corrected chi connectivity index (χ4v) is 9.80. The van der Waals surface area contributed by atoms with E-state index in [4.69, 9.17) is 4.74 Å². The molecule has 0 fully saturated rings. The zero-order valence-corrected chi connectivity index (χ0v) is 42.2. The van der Waals surface area contributed by atoms with Crippen molar-refractivity contribution in [2.24, 2.45) is 0 Å². The van der Waals surface area contributed by atoms with Gasteiger partial charge in [0.25, 0.3) is 5.70 Å². The Morgan fingerprint density at radius 3 is 1.46 bits per heavy atom. The second-order valence-corrected chi connectivity index (χ2v) is 20.0. The average Bonchev–Trinajstić information content (AvgIpc) is 3.51. The Hall–Kier alpha value is -3.48. The van der Waals surface area contributed by atoms with Crippen molar-refractivity contribution in [3.63, 3.8) is 0 Å². The first-order valence-corrected chi connectivity index (χ1v) is 27.3. The standard InChI is InChI=1S/C58H94N2O5/c1-5-7-9-11-13-15-17-19-21-23-24-25-27-29-31-33-35-37-43-56(61)65-49-51-48-52(60(63)64)47-50(57(51)62)44-45-55-58(3,4)53-41-38-39-42-54(53)59(55)46-40-36-34-32-30-28-26-22-20-18-16-14-12-10-8-6-2/h38-39,41-42,44-45,47-48H,5-37,40,43,46,49H2,1-4H3/b50-44+,55-45+. The molecule has 0 saturated carbocycles. The molecule has 7 heteroatoms. The highest BCUT2D eigenvalue weighted by molar-refractivity contribution is 6.12. The minimum absolute atomic E-state index is 0.133. The van der Waals surface area contributed by atoms with E-state index in [0.717, 1.165) is 37.9 Å². The molecule has 65 heavy (non-hydrogen) atoms. The molecule has 0 unspecified atom stereocenters. The predicted molar refractivity (Wildman–Crippen MR) is 275 cm³/mol. The summed E-state index contributed by atoms with van der Waals surface area (Å²) in [5, 5.41) is 12.0. The molecule has 0 bridgehead atoms. The van der Waals surface area contributed by atoms with Crippen LogP contribution >= 0.6 is 0 Å². The molecular formula is C58H94N2O5. The number of rotatable bonds is 40. The Morgan fingerprint density at radius 2 is 1.02 bits per heavy atom. The average molecular weight is 899 g/mol. The van der Waals surface area contributed by atoms with Crippen molar-refractivity contribution < 1.29 is 19.2 Å². The third-order valence-corrected chi connectivity index (χ3v) is 14.0. The molecule has 1 heterocycles. The van der Waals surface area contributed by atoms with Gasteiger partial charge in [0.05, 0.1) is 4.92 Å². The molecule has 0 N–H and O–H groups in total. The summed E-state index contributed by atoms with van der Waals surface area (Å²) in [6.07, 6.45) is 51.0. The van der Waals surface area contributed by atoms with Gasteiger partial charge >= 0.3 is 5.97 Å². The maximum absolute atomic E-state index is 13.7. The third kappa shape index (κ3) is 22.7. The summed E-state index contributed by atoms with van der Waals surface area (Å²) < 4.78 is 5.53. The molecule has 1 aromatic rings. The molecular weight excluding hydrogens is 805 g/mol. The van der Waals surface area contributed by atoms with Gasteiger partial charge in [0, 0.05) is 53.1 Å². The lowest BCUT2D eigenvalue weighted by molar-refractivity contribution is -0.419. The van der Waals surface area contributed by atoms with Crippen LogP contribution in [0.15, 0.2) is 71.1 Å². The number of ether oxygens (including phenoxy) is 1. The normalized spacial score (nSPS) is 15.8. The van der Waals surface area contributed by atoms with Crippen LogP contribution < -0.4 is 4.90 Å². The van der Waals surface area contributed by atoms with Crippen LogP contribution in [0.5, 0.6) is 0 Å². The van der Waals surface area contributed by atoms with Crippen LogP contribution in [0.4, 0.5) is 5.69 Å². The van der Waals surface area contributed by atoms with E-state index in [1.54, 1.807) is 6.08 Å². The van der Waals surface area contributed by atoms with E-state index in [9.17, 15) is 19.7 Å². The van der Waals surface area contributed by atoms with Crippen LogP contribution in [0.3, 0.4) is 0 Å². The van der Waals surface area contributed by atoms with Crippen molar-refractivity contribution in [2.75, 3.05) is 18.1 Å². The number of carbonyl (C=O) groups excluding carboxylic acids is 2. The van der Waals surface area contributed by atoms with E-state index in [1.165, 1.54) is 216 Å². The Kier molecular flexibility index (Phi) is 29.9. The predicted octanol–water partition coefficient (Wildman–Crippen LogP) is 17.5. The number of para-hydroxylation sites is 1. The van der Waals surface area contributed by atoms with Crippen molar-refractivity contribution in [3.05, 3.63) is 86.8 Å². The van der Waals surface area contributed by atoms with Gasteiger partial charge in [-0.25, -0.2) is 0 Å². The van der Waals surface area contributed by atoms with Gasteiger partial charge in [-0.1, -0.05) is 251 Å². The van der Waals surface area contributed by atoms with Crippen LogP contribution in [0.2, 0.25) is 0 Å². The summed E-state index contributed by atoms with van der Waals surface area (Å²) in [5.41, 5.74) is 3.37. The Bertz CT molecular complexity index is 1620. The number of hydrogen-bond donors (Lipinski definition) is 0. The van der Waals surface area contributed by atoms with Gasteiger partial charge in [-0.05, 0) is 36.6 Å². The quantitative estimate of drug-likeness (QED) is 0.0214. The molecule has 0 radical (unpaired) electrons. The molecule has 0 saturated heterocycles. The number of benzene rings is 1. The number of nitrogens with zero attached hydrogens (tertiary/aromatic N) is 2. The zero-order chi connectivity index (χ0) is 46.8. The van der Waals surface area contributed by atoms with Crippen molar-refractivity contribution in [1.82, 2.24) is 0 Å². The molecule has 0 aromatic heterocycles. The van der Waals surface area contributed by atoms with E-state index >= 15 is 0 Å². The number of esters is 1. The Morgan fingerprint density at radius 1 is 0.600 bits per heavy atom. The zero-order valence-electron chi connectivity index (χ0n) is 42.2. The topological polar surface area (TPSA) is 89.8 Å². The monoisotopic (exact) mass is 899 g/mol. The molecule has 1 aliphatic carbocycles. The van der Waals surface area contributed by atoms with E-state index < -0.39 is 4.92 Å². The van der Waals surface area contributed by atoms with E-state index in [1.807, 2.05) is 6.08 Å². The summed E-state index contributed by atoms with van der Waals surface area (Å²) in [6.45, 7) is 9.57. The van der Waals surface area contributed by atoms with Crippen LogP contribution in [0.25, 0.3) is 0 Å². The smallest absolute Gasteiger partial charge is 0.306 e. The number of allylic oxidation sites excluding steroid dienone is 6. The molecule has 366 valence electrons. The number of nitro groups is 1. The number of Topliss-reactive ketones (excluding diaryl/α,β-unsaturated/α-hetero) is 1. The van der Waals surface area contributed by atoms with Gasteiger partial charge < -0.3 is 9.64 Å². The molecule has 3 rings (SSSR count). The summed E-state index contributed by atoms with van der Waals surface area (Å²) in [4.78, 5) is 40.3. The minimum atomic E-state index is -0.480. The number of carbonyl (C=O) groups is 2. The summed E-state index contributed by atoms with van der Waals surface area (Å²) in [6, 6.07) is 8.50. The van der Waals surface area contributed by atoms with Gasteiger partial charge in [-0.15, -0.1) is 0 Å². The van der Waals surface area contributed by atoms with Gasteiger partial charge in [0.2, 0.25) is 0 Å². The van der Waals surface area contributed by atoms with Crippen molar-refractivity contribution >= 4 is 17.4 Å². The van der Waals surface area contributed by atoms with Crippen LogP contribution in [0.1, 0.15) is 258 Å². The highest BCUT2D eigenvalue weighted by atomic mass is 16.6. The first-order valence-electron chi connectivity index (χ1n) is 27.3. The molecule has 0 atom stereocenters. The molecule has 1 aromatic carbocycles. The molecule has 0 amide bonds. The summed E-state index contributed by atoms with van der Waals surface area (Å²) in [7, 11) is 0. The van der Waals surface area contributed by atoms with Crippen molar-refractivity contribution in [1.29, 1.82) is 0 Å². The maximum atomic E-state index is 13.7. The maximum Gasteiger partial charge on any atom is 0.306 e. The number of unbranched alkanes of at least 4 members (excludes halogenated alkanes) is 32. The highest BCUT2D eigenvalue weighted by Gasteiger charge is 2.39.